The first-order chi connectivity index (χ1) is 13.1. The van der Waals surface area contributed by atoms with Crippen LogP contribution in [0.1, 0.15) is 26.3 Å². The Morgan fingerprint density at radius 1 is 1.25 bits per heavy atom. The Kier molecular flexibility index (Phi) is 7.00. The molecule has 0 heterocycles. The molecule has 0 bridgehead atoms. The molecule has 8 nitrogen and oxygen atoms in total. The highest BCUT2D eigenvalue weighted by atomic mass is 32.2. The Hall–Kier alpha value is -2.62. The molecule has 0 fully saturated rings. The van der Waals surface area contributed by atoms with Crippen molar-refractivity contribution in [1.82, 2.24) is 5.06 Å². The van der Waals surface area contributed by atoms with Crippen LogP contribution in [0.25, 0.3) is 0 Å². The normalized spacial score (nSPS) is 12.7. The summed E-state index contributed by atoms with van der Waals surface area (Å²) in [5.41, 5.74) is -0.843. The molecule has 28 heavy (non-hydrogen) atoms. The second-order valence-corrected chi connectivity index (χ2v) is 7.88. The highest BCUT2D eigenvalue weighted by Crippen LogP contribution is 2.31. The van der Waals surface area contributed by atoms with Crippen LogP contribution < -0.4 is 0 Å². The predicted molar refractivity (Wildman–Crippen MR) is 105 cm³/mol. The number of rotatable bonds is 8. The lowest BCUT2D eigenvalue weighted by Crippen LogP contribution is -2.51. The molecule has 0 saturated heterocycles. The molecule has 0 aliphatic heterocycles. The average molecular weight is 406 g/mol. The summed E-state index contributed by atoms with van der Waals surface area (Å²) in [6.07, 6.45) is -0.168. The van der Waals surface area contributed by atoms with E-state index in [0.717, 1.165) is 23.0 Å². The molecule has 0 aliphatic rings. The van der Waals surface area contributed by atoms with Crippen molar-refractivity contribution in [2.45, 2.75) is 43.7 Å². The van der Waals surface area contributed by atoms with Gasteiger partial charge in [0.15, 0.2) is 0 Å². The minimum Gasteiger partial charge on any atom is -0.508 e. The summed E-state index contributed by atoms with van der Waals surface area (Å²) in [7, 11) is 0. The van der Waals surface area contributed by atoms with Crippen LogP contribution in [0.4, 0.5) is 5.69 Å². The van der Waals surface area contributed by atoms with E-state index < -0.39 is 22.5 Å². The summed E-state index contributed by atoms with van der Waals surface area (Å²) in [5, 5.41) is 31.9. The van der Waals surface area contributed by atoms with Gasteiger partial charge in [0, 0.05) is 22.4 Å². The lowest BCUT2D eigenvalue weighted by molar-refractivity contribution is -0.385. The van der Waals surface area contributed by atoms with Gasteiger partial charge < -0.3 is 10.2 Å². The van der Waals surface area contributed by atoms with Gasteiger partial charge in [0.1, 0.15) is 11.8 Å². The van der Waals surface area contributed by atoms with Crippen LogP contribution in [0.15, 0.2) is 53.4 Å². The zero-order valence-electron chi connectivity index (χ0n) is 15.7. The number of aliphatic carboxylic acids is 1. The zero-order chi connectivity index (χ0) is 20.9. The first kappa shape index (κ1) is 21.7. The number of carbonyl (C=O) groups is 1. The van der Waals surface area contributed by atoms with Crippen molar-refractivity contribution < 1.29 is 24.2 Å². The third kappa shape index (κ3) is 5.69. The van der Waals surface area contributed by atoms with E-state index in [2.05, 4.69) is 0 Å². The van der Waals surface area contributed by atoms with Gasteiger partial charge in [-0.1, -0.05) is 18.2 Å². The van der Waals surface area contributed by atoms with Crippen LogP contribution in [0, 0.1) is 10.1 Å². The van der Waals surface area contributed by atoms with Crippen LogP contribution in [0.5, 0.6) is 5.75 Å². The largest absolute Gasteiger partial charge is 0.508 e. The molecule has 0 aromatic heterocycles. The number of phenolic OH excluding ortho intramolecular Hbond substituents is 1. The fraction of sp³-hybridized carbons (Fsp3) is 0.316. The Morgan fingerprint density at radius 2 is 1.89 bits per heavy atom. The second kappa shape index (κ2) is 9.05. The molecule has 0 unspecified atom stereocenters. The fourth-order valence-electron chi connectivity index (χ4n) is 2.56. The number of hydrogen-bond acceptors (Lipinski definition) is 7. The quantitative estimate of drug-likeness (QED) is 0.384. The lowest BCUT2D eigenvalue weighted by atomic mass is 9.99. The van der Waals surface area contributed by atoms with E-state index in [1.165, 1.54) is 17.2 Å². The van der Waals surface area contributed by atoms with E-state index >= 15 is 0 Å². The highest BCUT2D eigenvalue weighted by molar-refractivity contribution is 7.94. The van der Waals surface area contributed by atoms with Gasteiger partial charge >= 0.3 is 5.97 Å². The van der Waals surface area contributed by atoms with Gasteiger partial charge in [0.05, 0.1) is 23.0 Å². The first-order valence-electron chi connectivity index (χ1n) is 8.47. The zero-order valence-corrected chi connectivity index (χ0v) is 16.5. The number of nitro groups is 1. The third-order valence-corrected chi connectivity index (χ3v) is 4.56. The van der Waals surface area contributed by atoms with E-state index in [9.17, 15) is 25.1 Å². The molecule has 0 amide bonds. The summed E-state index contributed by atoms with van der Waals surface area (Å²) in [5.74, 6) is -1.43. The Morgan fingerprint density at radius 3 is 2.43 bits per heavy atom. The van der Waals surface area contributed by atoms with Crippen molar-refractivity contribution in [3.05, 3.63) is 64.2 Å². The molecule has 2 aromatic carbocycles. The summed E-state index contributed by atoms with van der Waals surface area (Å²) in [4.78, 5) is 23.4. The van der Waals surface area contributed by atoms with E-state index in [0.29, 0.717) is 0 Å². The molecule has 2 rings (SSSR count). The van der Waals surface area contributed by atoms with Gasteiger partial charge in [-0.3, -0.25) is 14.9 Å². The molecule has 2 N–H and O–H groups in total. The predicted octanol–water partition coefficient (Wildman–Crippen LogP) is 4.04. The number of benzene rings is 2. The number of carboxylic acid groups (broad SMARTS) is 1. The minimum atomic E-state index is -1.18. The van der Waals surface area contributed by atoms with Gasteiger partial charge in [-0.05, 0) is 45.0 Å². The van der Waals surface area contributed by atoms with E-state index in [1.807, 2.05) is 30.3 Å². The minimum absolute atomic E-state index is 0.168. The smallest absolute Gasteiger partial charge is 0.323 e. The monoisotopic (exact) mass is 406 g/mol. The Balaban J connectivity index is 2.32. The number of carboxylic acids is 1. The number of nitro benzene ring substituents is 1. The van der Waals surface area contributed by atoms with Crippen LogP contribution in [-0.4, -0.2) is 37.7 Å². The van der Waals surface area contributed by atoms with Crippen molar-refractivity contribution >= 4 is 23.7 Å². The molecule has 0 aliphatic carbocycles. The Bertz CT molecular complexity index is 838. The SMILES string of the molecule is CC(C)(C)N(OSc1ccccc1)[C@@H](Cc1ccc(O)cc1[N+](=O)[O-])C(=O)O. The number of hydroxylamine groups is 2. The summed E-state index contributed by atoms with van der Waals surface area (Å²) >= 11 is 1.01. The van der Waals surface area contributed by atoms with E-state index in [-0.39, 0.29) is 23.4 Å². The summed E-state index contributed by atoms with van der Waals surface area (Å²) in [6, 6.07) is 11.7. The van der Waals surface area contributed by atoms with Crippen LogP contribution in [-0.2, 0) is 15.5 Å². The molecular weight excluding hydrogens is 384 g/mol. The van der Waals surface area contributed by atoms with Crippen LogP contribution in [0.3, 0.4) is 0 Å². The number of hydrogen-bond donors (Lipinski definition) is 2. The van der Waals surface area contributed by atoms with Crippen molar-refractivity contribution in [2.24, 2.45) is 0 Å². The number of nitrogens with zero attached hydrogens (tertiary/aromatic N) is 2. The lowest BCUT2D eigenvalue weighted by Gasteiger charge is -2.37. The average Bonchev–Trinajstić information content (AvgIpc) is 2.61. The van der Waals surface area contributed by atoms with Crippen molar-refractivity contribution in [2.75, 3.05) is 0 Å². The number of aromatic hydroxyl groups is 1. The maximum Gasteiger partial charge on any atom is 0.323 e. The van der Waals surface area contributed by atoms with Gasteiger partial charge in [-0.15, -0.1) is 0 Å². The van der Waals surface area contributed by atoms with Crippen LogP contribution >= 0.6 is 12.0 Å². The molecule has 9 heteroatoms. The second-order valence-electron chi connectivity index (χ2n) is 7.10. The van der Waals surface area contributed by atoms with E-state index in [4.69, 9.17) is 4.28 Å². The molecule has 1 atom stereocenters. The molecule has 0 radical (unpaired) electrons. The molecule has 0 spiro atoms. The fourth-order valence-corrected chi connectivity index (χ4v) is 3.33. The van der Waals surface area contributed by atoms with Gasteiger partial charge in [-0.2, -0.15) is 5.06 Å². The van der Waals surface area contributed by atoms with Crippen molar-refractivity contribution in [3.63, 3.8) is 0 Å². The molecular formula is C19H22N2O6S. The standard InChI is InChI=1S/C19H22N2O6S/c1-19(2,3)20(27-28-15-7-5-4-6-8-15)17(18(23)24)11-13-9-10-14(22)12-16(13)21(25)26/h4-10,12,17,22H,11H2,1-3H3,(H,23,24)/t17-/m0/s1. The van der Waals surface area contributed by atoms with Crippen molar-refractivity contribution in [3.8, 4) is 5.75 Å². The maximum atomic E-state index is 12.0. The summed E-state index contributed by atoms with van der Waals surface area (Å²) in [6.45, 7) is 5.37. The first-order valence-corrected chi connectivity index (χ1v) is 9.22. The van der Waals surface area contributed by atoms with Crippen molar-refractivity contribution in [1.29, 1.82) is 0 Å². The van der Waals surface area contributed by atoms with Gasteiger partial charge in [0.2, 0.25) is 0 Å². The topological polar surface area (TPSA) is 113 Å². The third-order valence-electron chi connectivity index (χ3n) is 3.87. The Labute approximate surface area is 167 Å². The van der Waals surface area contributed by atoms with Gasteiger partial charge in [0.25, 0.3) is 5.69 Å². The number of phenols is 1. The highest BCUT2D eigenvalue weighted by Gasteiger charge is 2.37. The van der Waals surface area contributed by atoms with E-state index in [1.54, 1.807) is 20.8 Å². The van der Waals surface area contributed by atoms with Crippen LogP contribution in [0.2, 0.25) is 0 Å². The maximum absolute atomic E-state index is 12.0. The molecule has 150 valence electrons. The molecule has 0 saturated carbocycles. The molecule has 2 aromatic rings. The summed E-state index contributed by atoms with van der Waals surface area (Å²) < 4.78 is 5.76. The van der Waals surface area contributed by atoms with Gasteiger partial charge in [-0.25, -0.2) is 4.28 Å².